The fraction of sp³-hybridized carbons (Fsp3) is 0.378. The number of hydrogen-bond donors (Lipinski definition) is 0. The summed E-state index contributed by atoms with van der Waals surface area (Å²) in [7, 11) is -2.71. The normalized spacial score (nSPS) is 19.5. The number of hydrogen-bond acceptors (Lipinski definition) is 0. The maximum atomic E-state index is 2.87. The molecule has 258 valence electrons. The van der Waals surface area contributed by atoms with Gasteiger partial charge in [-0.2, -0.15) is 0 Å². The Hall–Kier alpha value is -2.12. The van der Waals surface area contributed by atoms with Crippen LogP contribution in [-0.2, 0) is 14.2 Å². The summed E-state index contributed by atoms with van der Waals surface area (Å²) in [6.07, 6.45) is 15.6. The van der Waals surface area contributed by atoms with Crippen molar-refractivity contribution in [2.24, 2.45) is 0 Å². The van der Waals surface area contributed by atoms with Crippen LogP contribution in [0.3, 0.4) is 0 Å². The van der Waals surface area contributed by atoms with Crippen molar-refractivity contribution in [3.63, 3.8) is 0 Å². The molecule has 0 N–H and O–H groups in total. The molecule has 0 aliphatic heterocycles. The SMILES string of the molecule is CCCCC[CH2][Hf]([CH3])([CH3])([CH3])(=[SiH2])([CH]1C=Cc2c(-c3ccc([Si](C)(C)C)cc3)cccc21)[CH]1C=Cc2c(-c3ccc([Si](C)(C)C)cc3)cccc21. The molecule has 4 heteroatoms. The van der Waals surface area contributed by atoms with Gasteiger partial charge < -0.3 is 0 Å². The van der Waals surface area contributed by atoms with E-state index < -0.39 is 30.3 Å². The van der Waals surface area contributed by atoms with E-state index in [2.05, 4.69) is 176 Å². The first-order chi connectivity index (χ1) is 22.7. The Morgan fingerprint density at radius 1 is 0.551 bits per heavy atom. The van der Waals surface area contributed by atoms with Crippen LogP contribution in [0.2, 0.25) is 57.5 Å². The van der Waals surface area contributed by atoms with E-state index >= 15 is 0 Å². The first-order valence-corrected chi connectivity index (χ1v) is 51.9. The topological polar surface area (TPSA) is 0 Å². The van der Waals surface area contributed by atoms with E-state index in [1.807, 2.05) is 0 Å². The molecule has 0 spiro atoms. The summed E-state index contributed by atoms with van der Waals surface area (Å²) in [5.74, 6) is 0. The summed E-state index contributed by atoms with van der Waals surface area (Å²) >= 11 is -4.98. The van der Waals surface area contributed by atoms with Gasteiger partial charge in [-0.25, -0.2) is 0 Å². The molecular formula is C45H62HfSi3. The van der Waals surface area contributed by atoms with Gasteiger partial charge in [0.15, 0.2) is 0 Å². The molecule has 0 heterocycles. The fourth-order valence-corrected chi connectivity index (χ4v) is 51.4. The van der Waals surface area contributed by atoms with Gasteiger partial charge in [0.05, 0.1) is 0 Å². The third kappa shape index (κ3) is 6.36. The Kier molecular flexibility index (Phi) is 8.56. The number of unbranched alkanes of at least 4 members (excludes halogenated alkanes) is 3. The van der Waals surface area contributed by atoms with Gasteiger partial charge in [-0.3, -0.25) is 0 Å². The zero-order chi connectivity index (χ0) is 35.6. The van der Waals surface area contributed by atoms with Gasteiger partial charge in [0.2, 0.25) is 0 Å². The summed E-state index contributed by atoms with van der Waals surface area (Å²) in [6.45, 7) is 19.5. The minimum absolute atomic E-state index is 0.431. The predicted molar refractivity (Wildman–Crippen MR) is 228 cm³/mol. The molecule has 4 aromatic rings. The number of benzene rings is 4. The summed E-state index contributed by atoms with van der Waals surface area (Å²) in [6, 6.07) is 33.5. The summed E-state index contributed by atoms with van der Waals surface area (Å²) < 4.78 is 10.8. The van der Waals surface area contributed by atoms with Gasteiger partial charge in [-0.15, -0.1) is 0 Å². The predicted octanol–water partition coefficient (Wildman–Crippen LogP) is 12.4. The van der Waals surface area contributed by atoms with Gasteiger partial charge in [-0.1, -0.05) is 0 Å². The molecule has 2 aliphatic carbocycles. The zero-order valence-corrected chi connectivity index (χ0v) is 39.3. The molecule has 0 bridgehead atoms. The van der Waals surface area contributed by atoms with Crippen LogP contribution in [0.25, 0.3) is 34.4 Å². The second kappa shape index (κ2) is 11.4. The van der Waals surface area contributed by atoms with Crippen molar-refractivity contribution >= 4 is 45.6 Å². The average molecular weight is 866 g/mol. The van der Waals surface area contributed by atoms with Crippen molar-refractivity contribution < 1.29 is 14.2 Å². The maximum absolute atomic E-state index is 4.98. The number of rotatable bonds is 11. The number of allylic oxidation sites excluding steroid dienone is 2. The standard InChI is InChI=1S/2C18H19Si.C6H13.3CH3.Hf.H2Si/c2*1-19(2,3)16-12-10-15(11-13-16)18-9-5-7-14-6-4-8-17(14)18;1-3-5-6-4-2;;;;;/h2*4-13H,1-3H3;1,3-6H2,2H3;3*1H3;;1H2. The molecule has 0 saturated carbocycles. The van der Waals surface area contributed by atoms with Crippen LogP contribution in [-0.4, -0.2) is 23.1 Å². The van der Waals surface area contributed by atoms with Crippen LogP contribution >= 0.6 is 0 Å². The molecule has 49 heavy (non-hydrogen) atoms. The van der Waals surface area contributed by atoms with E-state index in [9.17, 15) is 0 Å². The third-order valence-corrected chi connectivity index (χ3v) is 63.5. The van der Waals surface area contributed by atoms with E-state index in [-0.39, 0.29) is 0 Å². The molecule has 0 fully saturated rings. The summed E-state index contributed by atoms with van der Waals surface area (Å²) in [5.41, 5.74) is 11.5. The summed E-state index contributed by atoms with van der Waals surface area (Å²) in [5, 5.41) is 3.05. The van der Waals surface area contributed by atoms with Crippen LogP contribution in [0, 0.1) is 0 Å². The first kappa shape index (κ1) is 36.7. The van der Waals surface area contributed by atoms with Crippen LogP contribution in [0.1, 0.15) is 62.2 Å². The van der Waals surface area contributed by atoms with Crippen molar-refractivity contribution in [3.8, 4) is 22.3 Å². The van der Waals surface area contributed by atoms with Crippen molar-refractivity contribution in [1.82, 2.24) is 0 Å². The van der Waals surface area contributed by atoms with Crippen LogP contribution < -0.4 is 10.4 Å². The molecule has 0 amide bonds. The van der Waals surface area contributed by atoms with Gasteiger partial charge in [0.1, 0.15) is 0 Å². The van der Waals surface area contributed by atoms with Crippen LogP contribution in [0.15, 0.2) is 97.1 Å². The molecule has 2 unspecified atom stereocenters. The molecule has 0 saturated heterocycles. The van der Waals surface area contributed by atoms with Crippen molar-refractivity contribution in [3.05, 3.63) is 119 Å². The second-order valence-corrected chi connectivity index (χ2v) is 113. The Morgan fingerprint density at radius 3 is 1.33 bits per heavy atom. The zero-order valence-electron chi connectivity index (χ0n) is 32.3. The first-order valence-electron chi connectivity index (χ1n) is 19.1. The van der Waals surface area contributed by atoms with E-state index in [4.69, 9.17) is 0 Å². The van der Waals surface area contributed by atoms with Gasteiger partial charge in [0.25, 0.3) is 0 Å². The summed E-state index contributed by atoms with van der Waals surface area (Å²) in [4.78, 5) is 0. The molecule has 0 radical (unpaired) electrons. The van der Waals surface area contributed by atoms with Crippen molar-refractivity contribution in [2.75, 3.05) is 0 Å². The van der Waals surface area contributed by atoms with Crippen molar-refractivity contribution in [1.29, 1.82) is 0 Å². The Labute approximate surface area is 296 Å². The van der Waals surface area contributed by atoms with E-state index in [1.165, 1.54) is 73.6 Å². The minimum atomic E-state index is -4.98. The van der Waals surface area contributed by atoms with Gasteiger partial charge >= 0.3 is 299 Å². The van der Waals surface area contributed by atoms with Crippen LogP contribution in [0.4, 0.5) is 0 Å². The van der Waals surface area contributed by atoms with E-state index in [1.54, 1.807) is 11.1 Å². The Bertz CT molecular complexity index is 1960. The molecule has 2 aliphatic rings. The van der Waals surface area contributed by atoms with Gasteiger partial charge in [-0.05, 0) is 0 Å². The van der Waals surface area contributed by atoms with Crippen molar-refractivity contribution in [2.45, 2.75) is 97.5 Å². The second-order valence-electron chi connectivity index (χ2n) is 21.3. The quantitative estimate of drug-likeness (QED) is 0.104. The van der Waals surface area contributed by atoms with Crippen LogP contribution in [0.5, 0.6) is 0 Å². The fourth-order valence-electron chi connectivity index (χ4n) is 9.90. The Balaban J connectivity index is 1.50. The molecule has 4 aromatic carbocycles. The van der Waals surface area contributed by atoms with E-state index in [0.717, 1.165) is 0 Å². The monoisotopic (exact) mass is 866 g/mol. The number of fused-ring (bicyclic) bond motifs is 2. The Morgan fingerprint density at radius 2 is 0.959 bits per heavy atom. The molecular weight excluding hydrogens is 803 g/mol. The average Bonchev–Trinajstić information content (AvgIpc) is 3.70. The molecule has 0 nitrogen and oxygen atoms in total. The van der Waals surface area contributed by atoms with Gasteiger partial charge in [0, 0.05) is 0 Å². The third-order valence-electron chi connectivity index (χ3n) is 13.3. The molecule has 2 atom stereocenters. The molecule has 0 aromatic heterocycles. The van der Waals surface area contributed by atoms with E-state index in [0.29, 0.717) is 7.35 Å². The molecule has 6 rings (SSSR count).